The second-order valence-electron chi connectivity index (χ2n) is 7.53. The highest BCUT2D eigenvalue weighted by Gasteiger charge is 2.15. The smallest absolute Gasteiger partial charge is 0.241 e. The molecule has 0 bridgehead atoms. The number of halogens is 1. The van der Waals surface area contributed by atoms with Gasteiger partial charge in [0, 0.05) is 5.69 Å². The summed E-state index contributed by atoms with van der Waals surface area (Å²) in [6.07, 6.45) is 0.425. The Morgan fingerprint density at radius 2 is 1.71 bits per heavy atom. The van der Waals surface area contributed by atoms with Crippen LogP contribution in [-0.4, -0.2) is 18.1 Å². The van der Waals surface area contributed by atoms with E-state index < -0.39 is 6.04 Å². The number of ether oxygens (including phenoxy) is 2. The molecular weight excluding hydrogens is 412 g/mol. The molecule has 0 radical (unpaired) electrons. The van der Waals surface area contributed by atoms with Gasteiger partial charge in [-0.3, -0.25) is 4.79 Å². The molecule has 0 aliphatic carbocycles. The van der Waals surface area contributed by atoms with Crippen molar-refractivity contribution in [1.29, 1.82) is 0 Å². The monoisotopic (exact) mass is 438 g/mol. The van der Waals surface area contributed by atoms with Gasteiger partial charge in [0.05, 0.1) is 17.2 Å². The standard InChI is InChI=1S/C25H27ClN2O3/c1-17(2)31-24-13-10-20(15-22(24)26)28-25(29)23(27)14-18-8-11-21(12-9-18)30-16-19-6-4-3-5-7-19/h3-13,15,17,23H,14,16,27H2,1-2H3,(H,28,29). The lowest BCUT2D eigenvalue weighted by molar-refractivity contribution is -0.117. The van der Waals surface area contributed by atoms with Crippen molar-refractivity contribution in [3.8, 4) is 11.5 Å². The first-order valence-electron chi connectivity index (χ1n) is 10.2. The molecule has 0 fully saturated rings. The summed E-state index contributed by atoms with van der Waals surface area (Å²) in [5.41, 5.74) is 8.74. The second kappa shape index (κ2) is 10.8. The normalized spacial score (nSPS) is 11.8. The third-order valence-corrected chi connectivity index (χ3v) is 4.82. The number of carbonyl (C=O) groups is 1. The molecule has 3 aromatic rings. The van der Waals surface area contributed by atoms with Crippen molar-refractivity contribution in [3.05, 3.63) is 88.9 Å². The first-order valence-corrected chi connectivity index (χ1v) is 10.6. The molecule has 1 amide bonds. The summed E-state index contributed by atoms with van der Waals surface area (Å²) in [6, 6.07) is 22.0. The first kappa shape index (κ1) is 22.7. The molecule has 1 unspecified atom stereocenters. The second-order valence-corrected chi connectivity index (χ2v) is 7.94. The molecule has 0 aliphatic heterocycles. The molecule has 3 aromatic carbocycles. The van der Waals surface area contributed by atoms with E-state index in [9.17, 15) is 4.79 Å². The Morgan fingerprint density at radius 3 is 2.35 bits per heavy atom. The zero-order valence-electron chi connectivity index (χ0n) is 17.7. The van der Waals surface area contributed by atoms with Gasteiger partial charge in [-0.15, -0.1) is 0 Å². The molecule has 6 heteroatoms. The highest BCUT2D eigenvalue weighted by Crippen LogP contribution is 2.28. The molecule has 162 valence electrons. The fraction of sp³-hybridized carbons (Fsp3) is 0.240. The number of amides is 1. The zero-order valence-corrected chi connectivity index (χ0v) is 18.4. The summed E-state index contributed by atoms with van der Waals surface area (Å²) in [6.45, 7) is 4.35. The summed E-state index contributed by atoms with van der Waals surface area (Å²) in [7, 11) is 0. The van der Waals surface area contributed by atoms with Gasteiger partial charge < -0.3 is 20.5 Å². The van der Waals surface area contributed by atoms with Crippen LogP contribution in [0.5, 0.6) is 11.5 Å². The maximum absolute atomic E-state index is 12.5. The molecule has 0 aliphatic rings. The van der Waals surface area contributed by atoms with Crippen molar-refractivity contribution in [2.45, 2.75) is 39.0 Å². The quantitative estimate of drug-likeness (QED) is 0.480. The predicted molar refractivity (Wildman–Crippen MR) is 125 cm³/mol. The van der Waals surface area contributed by atoms with E-state index in [2.05, 4.69) is 5.32 Å². The molecule has 3 N–H and O–H groups in total. The Morgan fingerprint density at radius 1 is 1.00 bits per heavy atom. The fourth-order valence-corrected chi connectivity index (χ4v) is 3.20. The molecule has 0 heterocycles. The van der Waals surface area contributed by atoms with E-state index in [1.165, 1.54) is 0 Å². The van der Waals surface area contributed by atoms with Gasteiger partial charge in [0.2, 0.25) is 5.91 Å². The van der Waals surface area contributed by atoms with Crippen LogP contribution in [0, 0.1) is 0 Å². The number of carbonyl (C=O) groups excluding carboxylic acids is 1. The Kier molecular flexibility index (Phi) is 7.93. The van der Waals surface area contributed by atoms with Crippen LogP contribution in [0.4, 0.5) is 5.69 Å². The summed E-state index contributed by atoms with van der Waals surface area (Å²) < 4.78 is 11.4. The van der Waals surface area contributed by atoms with Crippen molar-refractivity contribution in [2.24, 2.45) is 5.73 Å². The van der Waals surface area contributed by atoms with E-state index in [1.807, 2.05) is 68.4 Å². The third kappa shape index (κ3) is 7.02. The van der Waals surface area contributed by atoms with Gasteiger partial charge in [0.1, 0.15) is 18.1 Å². The summed E-state index contributed by atoms with van der Waals surface area (Å²) in [5, 5.41) is 3.24. The number of benzene rings is 3. The van der Waals surface area contributed by atoms with Gasteiger partial charge in [-0.05, 0) is 61.7 Å². The summed E-state index contributed by atoms with van der Waals surface area (Å²) in [5.74, 6) is 1.07. The van der Waals surface area contributed by atoms with Crippen molar-refractivity contribution in [2.75, 3.05) is 5.32 Å². The van der Waals surface area contributed by atoms with Crippen molar-refractivity contribution >= 4 is 23.2 Å². The van der Waals surface area contributed by atoms with Gasteiger partial charge in [-0.1, -0.05) is 54.1 Å². The maximum Gasteiger partial charge on any atom is 0.241 e. The highest BCUT2D eigenvalue weighted by atomic mass is 35.5. The summed E-state index contributed by atoms with van der Waals surface area (Å²) >= 11 is 6.23. The van der Waals surface area contributed by atoms with Gasteiger partial charge in [-0.25, -0.2) is 0 Å². The van der Waals surface area contributed by atoms with Crippen molar-refractivity contribution in [1.82, 2.24) is 0 Å². The van der Waals surface area contributed by atoms with Crippen molar-refractivity contribution < 1.29 is 14.3 Å². The van der Waals surface area contributed by atoms with E-state index in [-0.39, 0.29) is 12.0 Å². The van der Waals surface area contributed by atoms with Crippen LogP contribution >= 0.6 is 11.6 Å². The molecule has 1 atom stereocenters. The Balaban J connectivity index is 1.51. The number of rotatable bonds is 9. The predicted octanol–water partition coefficient (Wildman–Crippen LogP) is 5.21. The van der Waals surface area contributed by atoms with Crippen LogP contribution in [0.15, 0.2) is 72.8 Å². The van der Waals surface area contributed by atoms with E-state index >= 15 is 0 Å². The van der Waals surface area contributed by atoms with E-state index in [4.69, 9.17) is 26.8 Å². The molecular formula is C25H27ClN2O3. The van der Waals surface area contributed by atoms with Crippen LogP contribution < -0.4 is 20.5 Å². The highest BCUT2D eigenvalue weighted by molar-refractivity contribution is 6.32. The molecule has 0 saturated heterocycles. The van der Waals surface area contributed by atoms with Gasteiger partial charge in [-0.2, -0.15) is 0 Å². The lowest BCUT2D eigenvalue weighted by Crippen LogP contribution is -2.37. The van der Waals surface area contributed by atoms with E-state index in [0.29, 0.717) is 29.5 Å². The minimum absolute atomic E-state index is 0.0153. The SMILES string of the molecule is CC(C)Oc1ccc(NC(=O)C(N)Cc2ccc(OCc3ccccc3)cc2)cc1Cl. The molecule has 0 aromatic heterocycles. The van der Waals surface area contributed by atoms with Crippen LogP contribution in [-0.2, 0) is 17.8 Å². The fourth-order valence-electron chi connectivity index (χ4n) is 2.97. The van der Waals surface area contributed by atoms with Crippen LogP contribution in [0.1, 0.15) is 25.0 Å². The number of hydrogen-bond acceptors (Lipinski definition) is 4. The minimum atomic E-state index is -0.693. The zero-order chi connectivity index (χ0) is 22.2. The third-order valence-electron chi connectivity index (χ3n) is 4.53. The minimum Gasteiger partial charge on any atom is -0.489 e. The van der Waals surface area contributed by atoms with Gasteiger partial charge in [0.15, 0.2) is 0 Å². The Bertz CT molecular complexity index is 991. The molecule has 0 spiro atoms. The largest absolute Gasteiger partial charge is 0.489 e. The van der Waals surface area contributed by atoms with Gasteiger partial charge in [0.25, 0.3) is 0 Å². The van der Waals surface area contributed by atoms with E-state index in [1.54, 1.807) is 18.2 Å². The van der Waals surface area contributed by atoms with Crippen LogP contribution in [0.2, 0.25) is 5.02 Å². The Labute approximate surface area is 188 Å². The summed E-state index contributed by atoms with van der Waals surface area (Å²) in [4.78, 5) is 12.5. The molecule has 3 rings (SSSR count). The van der Waals surface area contributed by atoms with Crippen LogP contribution in [0.25, 0.3) is 0 Å². The number of hydrogen-bond donors (Lipinski definition) is 2. The lowest BCUT2D eigenvalue weighted by atomic mass is 10.1. The number of nitrogens with one attached hydrogen (secondary N) is 1. The lowest BCUT2D eigenvalue weighted by Gasteiger charge is -2.15. The average molecular weight is 439 g/mol. The molecule has 0 saturated carbocycles. The molecule has 31 heavy (non-hydrogen) atoms. The van der Waals surface area contributed by atoms with Crippen molar-refractivity contribution in [3.63, 3.8) is 0 Å². The van der Waals surface area contributed by atoms with Crippen LogP contribution in [0.3, 0.4) is 0 Å². The maximum atomic E-state index is 12.5. The number of anilines is 1. The Hall–Kier alpha value is -3.02. The topological polar surface area (TPSA) is 73.6 Å². The molecule has 5 nitrogen and oxygen atoms in total. The van der Waals surface area contributed by atoms with Gasteiger partial charge >= 0.3 is 0 Å². The first-order chi connectivity index (χ1) is 14.9. The van der Waals surface area contributed by atoms with E-state index in [0.717, 1.165) is 16.9 Å². The average Bonchev–Trinajstić information content (AvgIpc) is 2.75. The number of nitrogens with two attached hydrogens (primary N) is 1.